The van der Waals surface area contributed by atoms with Crippen molar-refractivity contribution in [2.45, 2.75) is 37.9 Å². The molecule has 1 saturated carbocycles. The Morgan fingerprint density at radius 3 is 2.36 bits per heavy atom. The Labute approximate surface area is 185 Å². The van der Waals surface area contributed by atoms with Gasteiger partial charge in [0.25, 0.3) is 5.91 Å². The van der Waals surface area contributed by atoms with Gasteiger partial charge in [-0.1, -0.05) is 0 Å². The van der Waals surface area contributed by atoms with Crippen molar-refractivity contribution in [1.82, 2.24) is 26.2 Å². The lowest BCUT2D eigenvalue weighted by Crippen LogP contribution is -2.31. The number of carbonyl (C=O) groups excluding carboxylic acids is 1. The molecule has 0 aliphatic heterocycles. The average Bonchev–Trinajstić information content (AvgIpc) is 3.18. The molecule has 1 aromatic carbocycles. The Morgan fingerprint density at radius 2 is 1.76 bits per heavy atom. The summed E-state index contributed by atoms with van der Waals surface area (Å²) in [6.45, 7) is 0.315. The maximum absolute atomic E-state index is 13.4. The number of aromatic hydroxyl groups is 1. The van der Waals surface area contributed by atoms with Crippen LogP contribution in [-0.2, 0) is 6.18 Å². The van der Waals surface area contributed by atoms with Gasteiger partial charge in [0.1, 0.15) is 11.2 Å². The molecule has 0 unspecified atom stereocenters. The number of aromatic nitrogens is 3. The zero-order chi connectivity index (χ0) is 23.0. The van der Waals surface area contributed by atoms with Gasteiger partial charge >= 0.3 is 6.18 Å². The SMILES string of the molecule is N.O=C(NCC1CCC(n2cc3cc(C(F)(F)F)ncc3n2)CC1)c1cc(F)c(O)c(F)c1. The number of phenols is 1. The summed E-state index contributed by atoms with van der Waals surface area (Å²) in [4.78, 5) is 15.6. The average molecular weight is 471 g/mol. The highest BCUT2D eigenvalue weighted by molar-refractivity contribution is 5.94. The number of alkyl halides is 3. The summed E-state index contributed by atoms with van der Waals surface area (Å²) in [5.74, 6) is -4.04. The number of carbonyl (C=O) groups is 1. The molecule has 0 bridgehead atoms. The quantitative estimate of drug-likeness (QED) is 0.475. The van der Waals surface area contributed by atoms with Crippen molar-refractivity contribution < 1.29 is 31.9 Å². The van der Waals surface area contributed by atoms with E-state index in [0.29, 0.717) is 17.4 Å². The largest absolute Gasteiger partial charge is 0.503 e. The van der Waals surface area contributed by atoms with E-state index in [1.165, 1.54) is 0 Å². The van der Waals surface area contributed by atoms with Gasteiger partial charge in [0.15, 0.2) is 17.4 Å². The van der Waals surface area contributed by atoms with Gasteiger partial charge in [-0.25, -0.2) is 13.8 Å². The maximum Gasteiger partial charge on any atom is 0.433 e. The number of hydrogen-bond acceptors (Lipinski definition) is 5. The van der Waals surface area contributed by atoms with Gasteiger partial charge in [0.2, 0.25) is 0 Å². The van der Waals surface area contributed by atoms with Crippen LogP contribution in [0.5, 0.6) is 5.75 Å². The summed E-state index contributed by atoms with van der Waals surface area (Å²) in [5, 5.41) is 16.5. The number of nitrogens with zero attached hydrogens (tertiary/aromatic N) is 3. The molecule has 1 fully saturated rings. The van der Waals surface area contributed by atoms with Crippen LogP contribution < -0.4 is 11.5 Å². The standard InChI is InChI=1S/C21H19F5N4O2.H3N/c22-15-5-12(6-16(23)19(15)31)20(32)28-8-11-1-3-14(4-2-11)30-10-13-7-18(21(24,25)26)27-9-17(13)29-30;/h5-7,9-11,14,31H,1-4,8H2,(H,28,32);1H3. The summed E-state index contributed by atoms with van der Waals surface area (Å²) in [5.41, 5.74) is -0.792. The van der Waals surface area contributed by atoms with Crippen molar-refractivity contribution in [3.8, 4) is 5.75 Å². The van der Waals surface area contributed by atoms with Crippen LogP contribution >= 0.6 is 0 Å². The molecule has 0 spiro atoms. The van der Waals surface area contributed by atoms with Gasteiger partial charge in [0.05, 0.1) is 12.2 Å². The Morgan fingerprint density at radius 1 is 1.12 bits per heavy atom. The van der Waals surface area contributed by atoms with Crippen LogP contribution in [0.25, 0.3) is 10.9 Å². The number of nitrogens with one attached hydrogen (secondary N) is 1. The lowest BCUT2D eigenvalue weighted by atomic mass is 9.86. The lowest BCUT2D eigenvalue weighted by Gasteiger charge is -2.28. The van der Waals surface area contributed by atoms with Gasteiger partial charge in [-0.05, 0) is 49.8 Å². The van der Waals surface area contributed by atoms with E-state index in [0.717, 1.165) is 50.1 Å². The minimum Gasteiger partial charge on any atom is -0.503 e. The fraction of sp³-hybridized carbons (Fsp3) is 0.381. The van der Waals surface area contributed by atoms with Crippen LogP contribution in [0.2, 0.25) is 0 Å². The summed E-state index contributed by atoms with van der Waals surface area (Å²) < 4.78 is 67.0. The first kappa shape index (κ1) is 24.4. The molecule has 0 atom stereocenters. The number of phenolic OH excluding ortho intramolecular Hbond substituents is 1. The van der Waals surface area contributed by atoms with Crippen molar-refractivity contribution in [1.29, 1.82) is 0 Å². The monoisotopic (exact) mass is 471 g/mol. The van der Waals surface area contributed by atoms with Crippen LogP contribution in [0.4, 0.5) is 22.0 Å². The molecule has 5 N–H and O–H groups in total. The van der Waals surface area contributed by atoms with Crippen molar-refractivity contribution in [2.24, 2.45) is 5.92 Å². The zero-order valence-electron chi connectivity index (χ0n) is 17.4. The molecule has 1 amide bonds. The first-order valence-electron chi connectivity index (χ1n) is 10.00. The smallest absolute Gasteiger partial charge is 0.433 e. The zero-order valence-corrected chi connectivity index (χ0v) is 17.4. The molecule has 0 saturated heterocycles. The third-order valence-corrected chi connectivity index (χ3v) is 5.72. The van der Waals surface area contributed by atoms with Crippen LogP contribution in [0.15, 0.2) is 30.6 Å². The van der Waals surface area contributed by atoms with E-state index >= 15 is 0 Å². The van der Waals surface area contributed by atoms with Crippen LogP contribution in [0, 0.1) is 17.6 Å². The number of amides is 1. The Balaban J connectivity index is 0.00000306. The van der Waals surface area contributed by atoms with Crippen molar-refractivity contribution in [2.75, 3.05) is 6.54 Å². The highest BCUT2D eigenvalue weighted by atomic mass is 19.4. The number of halogens is 5. The predicted octanol–water partition coefficient (Wildman–Crippen LogP) is 4.76. The third-order valence-electron chi connectivity index (χ3n) is 5.72. The third kappa shape index (κ3) is 5.21. The maximum atomic E-state index is 13.4. The molecule has 33 heavy (non-hydrogen) atoms. The van der Waals surface area contributed by atoms with E-state index in [9.17, 15) is 26.7 Å². The van der Waals surface area contributed by atoms with Gasteiger partial charge in [-0.2, -0.15) is 18.3 Å². The second-order valence-electron chi connectivity index (χ2n) is 7.91. The molecule has 178 valence electrons. The molecule has 4 rings (SSSR count). The Bertz CT molecular complexity index is 1130. The van der Waals surface area contributed by atoms with Gasteiger partial charge < -0.3 is 16.6 Å². The summed E-state index contributed by atoms with van der Waals surface area (Å²) >= 11 is 0. The number of fused-ring (bicyclic) bond motifs is 1. The second-order valence-corrected chi connectivity index (χ2v) is 7.91. The van der Waals surface area contributed by atoms with E-state index < -0.39 is 35.2 Å². The van der Waals surface area contributed by atoms with E-state index in [-0.39, 0.29) is 23.7 Å². The van der Waals surface area contributed by atoms with E-state index in [2.05, 4.69) is 15.4 Å². The Kier molecular flexibility index (Phi) is 6.86. The van der Waals surface area contributed by atoms with E-state index in [1.807, 2.05) is 0 Å². The summed E-state index contributed by atoms with van der Waals surface area (Å²) in [6, 6.07) is 2.54. The normalized spacial score (nSPS) is 18.7. The highest BCUT2D eigenvalue weighted by Gasteiger charge is 2.33. The molecule has 12 heteroatoms. The number of benzene rings is 1. The molecule has 0 radical (unpaired) electrons. The van der Waals surface area contributed by atoms with Gasteiger partial charge in [-0.3, -0.25) is 9.48 Å². The number of pyridine rings is 1. The molecule has 3 aromatic rings. The fourth-order valence-corrected chi connectivity index (χ4v) is 3.94. The van der Waals surface area contributed by atoms with E-state index in [1.54, 1.807) is 10.9 Å². The number of rotatable bonds is 4. The van der Waals surface area contributed by atoms with Crippen LogP contribution in [0.3, 0.4) is 0 Å². The van der Waals surface area contributed by atoms with Gasteiger partial charge in [-0.15, -0.1) is 0 Å². The molecule has 7 nitrogen and oxygen atoms in total. The molecule has 2 aromatic heterocycles. The van der Waals surface area contributed by atoms with Crippen LogP contribution in [0.1, 0.15) is 47.8 Å². The van der Waals surface area contributed by atoms with Crippen molar-refractivity contribution in [3.63, 3.8) is 0 Å². The van der Waals surface area contributed by atoms with Crippen LogP contribution in [-0.4, -0.2) is 32.3 Å². The lowest BCUT2D eigenvalue weighted by molar-refractivity contribution is -0.141. The second kappa shape index (κ2) is 9.30. The van der Waals surface area contributed by atoms with Crippen molar-refractivity contribution in [3.05, 3.63) is 53.5 Å². The minimum absolute atomic E-state index is 0. The summed E-state index contributed by atoms with van der Waals surface area (Å²) in [7, 11) is 0. The molecular weight excluding hydrogens is 449 g/mol. The predicted molar refractivity (Wildman–Crippen MR) is 109 cm³/mol. The highest BCUT2D eigenvalue weighted by Crippen LogP contribution is 2.34. The fourth-order valence-electron chi connectivity index (χ4n) is 3.94. The summed E-state index contributed by atoms with van der Waals surface area (Å²) in [6.07, 6.45) is 1.11. The minimum atomic E-state index is -4.52. The van der Waals surface area contributed by atoms with Gasteiger partial charge in [0, 0.05) is 23.7 Å². The molecule has 2 heterocycles. The first-order chi connectivity index (χ1) is 15.1. The number of hydrogen-bond donors (Lipinski definition) is 3. The van der Waals surface area contributed by atoms with E-state index in [4.69, 9.17) is 5.11 Å². The Hall–Kier alpha value is -3.28. The topological polar surface area (TPSA) is 115 Å². The van der Waals surface area contributed by atoms with Crippen molar-refractivity contribution >= 4 is 16.8 Å². The molecular formula is C21H22F5N5O2. The molecule has 1 aliphatic carbocycles. The molecule has 1 aliphatic rings. The first-order valence-corrected chi connectivity index (χ1v) is 10.00.